The number of aliphatic hydroxyl groups is 5. The summed E-state index contributed by atoms with van der Waals surface area (Å²) in [5.41, 5.74) is 8.00. The SMILES string of the molecule is COc1ccc2cc1OCc1c(C(O)O)cc3c(c(O)cc4c3c1C=CC4C)CC#COC(CC1C=C(O)C(CCCO)=CC1CCCCc1cccc(NC(Cc3ccccc3)C(C)O)c1)CC(=O)CC2. The van der Waals surface area contributed by atoms with E-state index in [-0.39, 0.29) is 79.1 Å². The van der Waals surface area contributed by atoms with E-state index in [1.54, 1.807) is 25.3 Å². The van der Waals surface area contributed by atoms with Gasteiger partial charge in [-0.25, -0.2) is 0 Å². The van der Waals surface area contributed by atoms with Gasteiger partial charge in [0.1, 0.15) is 36.1 Å². The number of methoxy groups -OCH3 is 1. The topological polar surface area (TPSA) is 178 Å². The number of fused-ring (bicyclic) bond motifs is 9. The molecular weight excluding hydrogens is 907 g/mol. The van der Waals surface area contributed by atoms with E-state index >= 15 is 0 Å². The molecule has 6 unspecified atom stereocenters. The van der Waals surface area contributed by atoms with Crippen molar-refractivity contribution in [3.8, 4) is 29.3 Å². The summed E-state index contributed by atoms with van der Waals surface area (Å²) >= 11 is 0. The van der Waals surface area contributed by atoms with Crippen LogP contribution in [0.2, 0.25) is 0 Å². The average molecular weight is 976 g/mol. The van der Waals surface area contributed by atoms with Crippen LogP contribution in [0.25, 0.3) is 16.8 Å². The van der Waals surface area contributed by atoms with Crippen molar-refractivity contribution < 1.29 is 49.6 Å². The number of phenols is 1. The number of allylic oxidation sites excluding steroid dienone is 4. The normalized spacial score (nSPS) is 19.8. The average Bonchev–Trinajstić information content (AvgIpc) is 3.36. The zero-order chi connectivity index (χ0) is 50.7. The maximum absolute atomic E-state index is 13.9. The summed E-state index contributed by atoms with van der Waals surface area (Å²) in [5, 5.41) is 69.8. The third-order valence-corrected chi connectivity index (χ3v) is 14.6. The highest BCUT2D eigenvalue weighted by molar-refractivity contribution is 6.01. The molecule has 0 saturated carbocycles. The minimum atomic E-state index is -1.84. The predicted octanol–water partition coefficient (Wildman–Crippen LogP) is 10.6. The summed E-state index contributed by atoms with van der Waals surface area (Å²) in [4.78, 5) is 13.9. The van der Waals surface area contributed by atoms with Gasteiger partial charge in [-0.1, -0.05) is 86.0 Å². The zero-order valence-corrected chi connectivity index (χ0v) is 41.6. The number of aliphatic hydroxyl groups excluding tert-OH is 4. The molecular formula is C61H69NO10. The molecule has 6 bridgehead atoms. The van der Waals surface area contributed by atoms with Crippen LogP contribution in [-0.4, -0.2) is 68.4 Å². The lowest BCUT2D eigenvalue weighted by molar-refractivity contribution is -0.121. The van der Waals surface area contributed by atoms with E-state index in [4.69, 9.17) is 14.2 Å². The number of hydrogen-bond acceptors (Lipinski definition) is 11. The molecule has 0 aromatic heterocycles. The Morgan fingerprint density at radius 2 is 1.69 bits per heavy atom. The summed E-state index contributed by atoms with van der Waals surface area (Å²) in [5.74, 6) is 4.10. The molecule has 0 fully saturated rings. The van der Waals surface area contributed by atoms with E-state index in [1.807, 2.05) is 74.5 Å². The Kier molecular flexibility index (Phi) is 17.4. The fourth-order valence-corrected chi connectivity index (χ4v) is 10.6. The number of aryl methyl sites for hydroxylation is 2. The molecule has 0 saturated heterocycles. The van der Waals surface area contributed by atoms with Gasteiger partial charge >= 0.3 is 0 Å². The molecule has 6 atom stereocenters. The van der Waals surface area contributed by atoms with Crippen LogP contribution in [0.3, 0.4) is 0 Å². The van der Waals surface area contributed by atoms with Crippen molar-refractivity contribution in [1.29, 1.82) is 0 Å². The minimum absolute atomic E-state index is 0.00163. The number of ether oxygens (including phenoxy) is 3. The lowest BCUT2D eigenvalue weighted by Crippen LogP contribution is -2.33. The summed E-state index contributed by atoms with van der Waals surface area (Å²) in [6.07, 6.45) is 14.5. The van der Waals surface area contributed by atoms with Crippen molar-refractivity contribution in [3.63, 3.8) is 0 Å². The first-order valence-electron chi connectivity index (χ1n) is 25.5. The Morgan fingerprint density at radius 3 is 2.47 bits per heavy atom. The van der Waals surface area contributed by atoms with Crippen molar-refractivity contribution in [2.45, 2.75) is 128 Å². The number of carbonyl (C=O) groups is 1. The first kappa shape index (κ1) is 51.8. The smallest absolute Gasteiger partial charge is 0.178 e. The Hall–Kier alpha value is -6.55. The third-order valence-electron chi connectivity index (χ3n) is 14.6. The Bertz CT molecular complexity index is 2850. The fraction of sp³-hybridized carbons (Fsp3) is 0.393. The first-order chi connectivity index (χ1) is 34.9. The van der Waals surface area contributed by atoms with Crippen LogP contribution in [0.4, 0.5) is 5.69 Å². The van der Waals surface area contributed by atoms with Gasteiger partial charge in [0.15, 0.2) is 17.8 Å². The number of rotatable bonds is 17. The second-order valence-corrected chi connectivity index (χ2v) is 19.7. The Labute approximate surface area is 423 Å². The summed E-state index contributed by atoms with van der Waals surface area (Å²) < 4.78 is 18.5. The molecule has 0 amide bonds. The summed E-state index contributed by atoms with van der Waals surface area (Å²) in [6.45, 7) is 3.87. The van der Waals surface area contributed by atoms with Gasteiger partial charge in [-0.3, -0.25) is 4.79 Å². The van der Waals surface area contributed by atoms with Gasteiger partial charge in [0, 0.05) is 54.2 Å². The third kappa shape index (κ3) is 12.7. The fourth-order valence-electron chi connectivity index (χ4n) is 10.6. The van der Waals surface area contributed by atoms with Gasteiger partial charge in [-0.15, -0.1) is 0 Å². The van der Waals surface area contributed by atoms with Crippen molar-refractivity contribution in [2.75, 3.05) is 19.0 Å². The van der Waals surface area contributed by atoms with Crippen LogP contribution in [0.5, 0.6) is 17.2 Å². The summed E-state index contributed by atoms with van der Waals surface area (Å²) in [6, 6.07) is 27.4. The molecule has 9 rings (SSSR count). The van der Waals surface area contributed by atoms with Crippen LogP contribution in [0, 0.1) is 23.9 Å². The maximum atomic E-state index is 13.9. The highest BCUT2D eigenvalue weighted by atomic mass is 16.5. The van der Waals surface area contributed by atoms with Crippen LogP contribution in [0.15, 0.2) is 114 Å². The predicted molar refractivity (Wildman–Crippen MR) is 282 cm³/mol. The van der Waals surface area contributed by atoms with Gasteiger partial charge in [0.05, 0.1) is 19.3 Å². The van der Waals surface area contributed by atoms with E-state index in [0.29, 0.717) is 60.1 Å². The van der Waals surface area contributed by atoms with E-state index < -0.39 is 18.5 Å². The number of ketones is 1. The van der Waals surface area contributed by atoms with Crippen molar-refractivity contribution in [3.05, 3.63) is 159 Å². The number of aromatic hydroxyl groups is 1. The zero-order valence-electron chi connectivity index (χ0n) is 41.6. The standard InChI is InChI=1S/C61H69NO10/c1-38-20-24-50-54-37-72-59-30-42(22-25-58(59)70-3)21-23-47(65)34-48(71-27-11-19-49-52(35-53(54)61(68)69)60(50)51(38)36-57(49)67)32-45-33-56(66)44(17-10-26-63)31-43(45)16-8-7-14-40-15-9-18-46(28-40)62-55(39(2)64)29-41-12-5-4-6-13-41/h4-6,9,12-13,15,18,20,22,24-25,28,30-31,33,35-36,38-39,43,45,48,55,61-64,66-69H,7-8,10,14,16-17,19,21,23,26,29,32,34,37H2,1-3H3. The Balaban J connectivity index is 1.04. The van der Waals surface area contributed by atoms with Gasteiger partial charge in [-0.05, 0) is 157 Å². The number of anilines is 1. The quantitative estimate of drug-likeness (QED) is 0.0268. The molecule has 7 N–H and O–H groups in total. The van der Waals surface area contributed by atoms with Gasteiger partial charge < -0.3 is 50.2 Å². The maximum Gasteiger partial charge on any atom is 0.178 e. The molecule has 0 spiro atoms. The van der Waals surface area contributed by atoms with E-state index in [0.717, 1.165) is 64.6 Å². The number of Topliss-reactive ketones (excluding diaryl/α,β-unsaturated/α-hetero) is 1. The van der Waals surface area contributed by atoms with Gasteiger partial charge in [0.2, 0.25) is 0 Å². The number of hydrogen-bond donors (Lipinski definition) is 7. The highest BCUT2D eigenvalue weighted by Crippen LogP contribution is 2.44. The van der Waals surface area contributed by atoms with Crippen molar-refractivity contribution >= 4 is 28.3 Å². The van der Waals surface area contributed by atoms with E-state index in [1.165, 1.54) is 5.56 Å². The highest BCUT2D eigenvalue weighted by Gasteiger charge is 2.30. The number of phenolic OH excluding ortho intramolecular Hbond substituents is 1. The monoisotopic (exact) mass is 975 g/mol. The molecule has 378 valence electrons. The molecule has 5 aromatic carbocycles. The molecule has 2 aliphatic carbocycles. The lowest BCUT2D eigenvalue weighted by Gasteiger charge is -2.30. The lowest BCUT2D eigenvalue weighted by atomic mass is 9.77. The van der Waals surface area contributed by atoms with Crippen LogP contribution < -0.4 is 14.8 Å². The number of carbonyl (C=O) groups excluding carboxylic acids is 1. The van der Waals surface area contributed by atoms with Crippen molar-refractivity contribution in [2.24, 2.45) is 11.8 Å². The Morgan fingerprint density at radius 1 is 0.875 bits per heavy atom. The minimum Gasteiger partial charge on any atom is -0.508 e. The van der Waals surface area contributed by atoms with E-state index in [2.05, 4.69) is 47.7 Å². The molecule has 72 heavy (non-hydrogen) atoms. The molecule has 11 nitrogen and oxygen atoms in total. The first-order valence-corrected chi connectivity index (χ1v) is 25.5. The van der Waals surface area contributed by atoms with Crippen LogP contribution in [0.1, 0.15) is 122 Å². The largest absolute Gasteiger partial charge is 0.508 e. The summed E-state index contributed by atoms with van der Waals surface area (Å²) in [7, 11) is 1.56. The molecule has 11 heteroatoms. The van der Waals surface area contributed by atoms with Gasteiger partial charge in [0.25, 0.3) is 0 Å². The molecule has 2 aliphatic heterocycles. The second-order valence-electron chi connectivity index (χ2n) is 19.7. The van der Waals surface area contributed by atoms with Crippen LogP contribution in [-0.2, 0) is 41.8 Å². The molecule has 0 radical (unpaired) electrons. The molecule has 5 aromatic rings. The number of unbranched alkanes of at least 4 members (excludes halogenated alkanes) is 1. The molecule has 2 heterocycles. The van der Waals surface area contributed by atoms with Crippen LogP contribution >= 0.6 is 0 Å². The van der Waals surface area contributed by atoms with Crippen molar-refractivity contribution in [1.82, 2.24) is 0 Å². The second kappa shape index (κ2) is 24.2. The van der Waals surface area contributed by atoms with E-state index in [9.17, 15) is 35.4 Å². The molecule has 4 aliphatic rings. The number of nitrogens with one attached hydrogen (secondary N) is 1. The number of benzene rings is 5. The van der Waals surface area contributed by atoms with Gasteiger partial charge in [-0.2, -0.15) is 0 Å².